The molecular formula is C38H34N4O7S2. The van der Waals surface area contributed by atoms with Crippen molar-refractivity contribution in [2.75, 3.05) is 25.0 Å². The van der Waals surface area contributed by atoms with Crippen molar-refractivity contribution in [2.45, 2.75) is 35.8 Å². The molecule has 51 heavy (non-hydrogen) atoms. The van der Waals surface area contributed by atoms with Gasteiger partial charge >= 0.3 is 6.09 Å². The third-order valence-electron chi connectivity index (χ3n) is 8.84. The van der Waals surface area contributed by atoms with E-state index in [4.69, 9.17) is 9.47 Å². The maximum atomic E-state index is 13.2. The van der Waals surface area contributed by atoms with Gasteiger partial charge in [-0.2, -0.15) is 0 Å². The van der Waals surface area contributed by atoms with Crippen LogP contribution in [-0.2, 0) is 27.7 Å². The molecule has 3 heterocycles. The van der Waals surface area contributed by atoms with Gasteiger partial charge in [0.2, 0.25) is 9.84 Å². The molecule has 0 radical (unpaired) electrons. The molecule has 0 aliphatic carbocycles. The van der Waals surface area contributed by atoms with Crippen LogP contribution in [0.25, 0.3) is 10.6 Å². The molecule has 1 saturated heterocycles. The van der Waals surface area contributed by atoms with Gasteiger partial charge < -0.3 is 25.0 Å². The van der Waals surface area contributed by atoms with Crippen LogP contribution in [0.15, 0.2) is 113 Å². The van der Waals surface area contributed by atoms with E-state index in [9.17, 15) is 22.8 Å². The number of carbonyl (C=O) groups excluding carboxylic acids is 3. The van der Waals surface area contributed by atoms with Gasteiger partial charge in [0, 0.05) is 35.3 Å². The SMILES string of the molecule is O=C(NCc1cnc(-c2ccc(OCC3CCN(C(=O)OCc4ccccc4)CC3)cc2)s1)c1ccc2c(c1)NC(=O)c1ccccc1S2(=O)=O. The molecule has 0 bridgehead atoms. The van der Waals surface area contributed by atoms with Crippen LogP contribution in [-0.4, -0.2) is 55.9 Å². The maximum Gasteiger partial charge on any atom is 0.410 e. The third-order valence-corrected chi connectivity index (χ3v) is 11.8. The number of hydrogen-bond donors (Lipinski definition) is 2. The number of benzene rings is 4. The van der Waals surface area contributed by atoms with Gasteiger partial charge in [-0.3, -0.25) is 9.59 Å². The Morgan fingerprint density at radius 1 is 0.922 bits per heavy atom. The van der Waals surface area contributed by atoms with Crippen LogP contribution in [0.1, 0.15) is 44.0 Å². The summed E-state index contributed by atoms with van der Waals surface area (Å²) in [4.78, 5) is 45.2. The molecule has 1 aromatic heterocycles. The van der Waals surface area contributed by atoms with Crippen LogP contribution in [0.4, 0.5) is 10.5 Å². The van der Waals surface area contributed by atoms with Crippen molar-refractivity contribution in [1.82, 2.24) is 15.2 Å². The van der Waals surface area contributed by atoms with Crippen LogP contribution in [0.5, 0.6) is 5.75 Å². The Bertz CT molecular complexity index is 2180. The first-order valence-corrected chi connectivity index (χ1v) is 18.8. The van der Waals surface area contributed by atoms with Gasteiger partial charge in [0.25, 0.3) is 11.8 Å². The normalized spacial score (nSPS) is 15.1. The van der Waals surface area contributed by atoms with E-state index in [0.717, 1.165) is 39.6 Å². The molecule has 0 atom stereocenters. The first-order valence-electron chi connectivity index (χ1n) is 16.5. The summed E-state index contributed by atoms with van der Waals surface area (Å²) in [5.74, 6) is 0.116. The molecular weight excluding hydrogens is 689 g/mol. The highest BCUT2D eigenvalue weighted by molar-refractivity contribution is 7.91. The lowest BCUT2D eigenvalue weighted by molar-refractivity contribution is 0.0760. The maximum absolute atomic E-state index is 13.2. The van der Waals surface area contributed by atoms with E-state index >= 15 is 0 Å². The fourth-order valence-corrected chi connectivity index (χ4v) is 8.44. The molecule has 2 aliphatic rings. The number of thiazole rings is 1. The highest BCUT2D eigenvalue weighted by Gasteiger charge is 2.31. The topological polar surface area (TPSA) is 144 Å². The van der Waals surface area contributed by atoms with Gasteiger partial charge in [0.1, 0.15) is 17.4 Å². The zero-order valence-electron chi connectivity index (χ0n) is 27.4. The number of amides is 3. The van der Waals surface area contributed by atoms with Gasteiger partial charge in [0.05, 0.1) is 34.2 Å². The van der Waals surface area contributed by atoms with Crippen molar-refractivity contribution in [2.24, 2.45) is 5.92 Å². The molecule has 0 spiro atoms. The first kappa shape index (κ1) is 33.9. The summed E-state index contributed by atoms with van der Waals surface area (Å²) in [7, 11) is -3.96. The number of likely N-dealkylation sites (tertiary alicyclic amines) is 1. The quantitative estimate of drug-likeness (QED) is 0.174. The van der Waals surface area contributed by atoms with Crippen LogP contribution in [0.3, 0.4) is 0 Å². The number of ether oxygens (including phenoxy) is 2. The number of fused-ring (bicyclic) bond motifs is 2. The largest absolute Gasteiger partial charge is 0.493 e. The number of nitrogens with zero attached hydrogens (tertiary/aromatic N) is 2. The van der Waals surface area contributed by atoms with E-state index in [1.807, 2.05) is 54.6 Å². The van der Waals surface area contributed by atoms with E-state index in [-0.39, 0.29) is 45.9 Å². The van der Waals surface area contributed by atoms with Gasteiger partial charge in [-0.05, 0) is 78.9 Å². The highest BCUT2D eigenvalue weighted by Crippen LogP contribution is 2.34. The minimum Gasteiger partial charge on any atom is -0.493 e. The standard InChI is InChI=1S/C38H34N4O7S2/c43-35(28-12-15-34-32(20-28)41-36(44)31-8-4-5-9-33(31)51(34,46)47)39-21-30-22-40-37(50-30)27-10-13-29(14-11-27)48-23-26-16-18-42(19-17-26)38(45)49-24-25-6-2-1-3-7-25/h1-15,20,22,26H,16-19,21,23-24H2,(H,39,43)(H,41,44). The fourth-order valence-electron chi connectivity index (χ4n) is 5.99. The Balaban J connectivity index is 0.881. The second kappa shape index (κ2) is 14.8. The zero-order chi connectivity index (χ0) is 35.4. The number of aromatic nitrogens is 1. The number of sulfone groups is 1. The molecule has 11 nitrogen and oxygen atoms in total. The number of piperidine rings is 1. The summed E-state index contributed by atoms with van der Waals surface area (Å²) in [6, 6.07) is 27.5. The third kappa shape index (κ3) is 7.64. The molecule has 2 N–H and O–H groups in total. The minimum atomic E-state index is -3.96. The summed E-state index contributed by atoms with van der Waals surface area (Å²) in [6.45, 7) is 2.32. The summed E-state index contributed by atoms with van der Waals surface area (Å²) in [6.07, 6.45) is 3.11. The molecule has 4 aromatic carbocycles. The zero-order valence-corrected chi connectivity index (χ0v) is 29.0. The van der Waals surface area contributed by atoms with Gasteiger partial charge in [0.15, 0.2) is 0 Å². The van der Waals surface area contributed by atoms with Crippen molar-refractivity contribution in [3.05, 3.63) is 125 Å². The molecule has 1 fully saturated rings. The average molecular weight is 723 g/mol. The van der Waals surface area contributed by atoms with Crippen molar-refractivity contribution < 1.29 is 32.3 Å². The predicted molar refractivity (Wildman–Crippen MR) is 191 cm³/mol. The molecule has 260 valence electrons. The smallest absolute Gasteiger partial charge is 0.410 e. The van der Waals surface area contributed by atoms with Crippen LogP contribution >= 0.6 is 11.3 Å². The molecule has 0 unspecified atom stereocenters. The van der Waals surface area contributed by atoms with E-state index in [2.05, 4.69) is 15.6 Å². The molecule has 2 aliphatic heterocycles. The Hall–Kier alpha value is -5.53. The highest BCUT2D eigenvalue weighted by atomic mass is 32.2. The number of carbonyl (C=O) groups is 3. The van der Waals surface area contributed by atoms with Crippen molar-refractivity contribution in [3.63, 3.8) is 0 Å². The lowest BCUT2D eigenvalue weighted by atomic mass is 9.98. The number of nitrogens with one attached hydrogen (secondary N) is 2. The van der Waals surface area contributed by atoms with E-state index in [1.165, 1.54) is 41.7 Å². The monoisotopic (exact) mass is 722 g/mol. The second-order valence-electron chi connectivity index (χ2n) is 12.3. The van der Waals surface area contributed by atoms with Gasteiger partial charge in [-0.1, -0.05) is 42.5 Å². The van der Waals surface area contributed by atoms with E-state index in [1.54, 1.807) is 23.2 Å². The Morgan fingerprint density at radius 3 is 2.45 bits per heavy atom. The molecule has 3 amide bonds. The summed E-state index contributed by atoms with van der Waals surface area (Å²) in [5.41, 5.74) is 2.19. The second-order valence-corrected chi connectivity index (χ2v) is 15.3. The molecule has 0 saturated carbocycles. The van der Waals surface area contributed by atoms with Crippen LogP contribution < -0.4 is 15.4 Å². The van der Waals surface area contributed by atoms with Gasteiger partial charge in [-0.25, -0.2) is 18.2 Å². The summed E-state index contributed by atoms with van der Waals surface area (Å²) in [5, 5.41) is 6.27. The van der Waals surface area contributed by atoms with Crippen LogP contribution in [0.2, 0.25) is 0 Å². The van der Waals surface area contributed by atoms with Crippen molar-refractivity contribution in [1.29, 1.82) is 0 Å². The number of hydrogen-bond acceptors (Lipinski definition) is 9. The van der Waals surface area contributed by atoms with Crippen LogP contribution in [0, 0.1) is 5.92 Å². The number of rotatable bonds is 9. The van der Waals surface area contributed by atoms with E-state index in [0.29, 0.717) is 25.6 Å². The molecule has 7 rings (SSSR count). The number of anilines is 1. The first-order chi connectivity index (χ1) is 24.7. The summed E-state index contributed by atoms with van der Waals surface area (Å²) < 4.78 is 38.0. The Morgan fingerprint density at radius 2 is 1.67 bits per heavy atom. The Kier molecular flexibility index (Phi) is 9.82. The summed E-state index contributed by atoms with van der Waals surface area (Å²) >= 11 is 1.44. The molecule has 5 aromatic rings. The van der Waals surface area contributed by atoms with E-state index < -0.39 is 21.7 Å². The minimum absolute atomic E-state index is 0.0516. The predicted octanol–water partition coefficient (Wildman–Crippen LogP) is 6.57. The Labute approximate surface area is 299 Å². The lowest BCUT2D eigenvalue weighted by Gasteiger charge is -2.31. The fraction of sp³-hybridized carbons (Fsp3) is 0.211. The lowest BCUT2D eigenvalue weighted by Crippen LogP contribution is -2.39. The average Bonchev–Trinajstić information content (AvgIpc) is 3.62. The van der Waals surface area contributed by atoms with Crippen molar-refractivity contribution in [3.8, 4) is 16.3 Å². The van der Waals surface area contributed by atoms with Crippen molar-refractivity contribution >= 4 is 44.8 Å². The molecule has 13 heteroatoms. The van der Waals surface area contributed by atoms with Gasteiger partial charge in [-0.15, -0.1) is 11.3 Å².